The average molecular weight is 450 g/mol. The third-order valence-corrected chi connectivity index (χ3v) is 6.27. The summed E-state index contributed by atoms with van der Waals surface area (Å²) in [5.41, 5.74) is -0.699. The predicted molar refractivity (Wildman–Crippen MR) is 118 cm³/mol. The minimum atomic E-state index is -3.80. The molecular weight excluding hydrogens is 426 g/mol. The zero-order valence-corrected chi connectivity index (χ0v) is 18.6. The zero-order valence-electron chi connectivity index (χ0n) is 17.1. The maximum atomic E-state index is 12.6. The zero-order chi connectivity index (χ0) is 21.9. The highest BCUT2D eigenvalue weighted by Crippen LogP contribution is 2.23. The van der Waals surface area contributed by atoms with Crippen molar-refractivity contribution >= 4 is 39.1 Å². The number of ether oxygens (including phenoxy) is 1. The van der Waals surface area contributed by atoms with Crippen LogP contribution in [0.4, 0.5) is 5.69 Å². The molecule has 0 aromatic heterocycles. The number of halogens is 1. The van der Waals surface area contributed by atoms with Gasteiger partial charge in [0.25, 0.3) is 15.9 Å². The second-order valence-electron chi connectivity index (χ2n) is 7.55. The maximum absolute atomic E-state index is 12.6. The lowest BCUT2D eigenvalue weighted by atomic mass is 10.1. The largest absolute Gasteiger partial charge is 0.478 e. The summed E-state index contributed by atoms with van der Waals surface area (Å²) in [6.07, 6.45) is 1.54. The normalized spacial score (nSPS) is 16.0. The molecule has 0 spiro atoms. The molecule has 30 heavy (non-hydrogen) atoms. The SMILES string of the molecule is CN1CCC/C1=N/S(=O)(=O)c1ccc(NC(=O)C(C)(C)Oc2ccc(Cl)cc2)cc1. The summed E-state index contributed by atoms with van der Waals surface area (Å²) in [5, 5.41) is 3.32. The highest BCUT2D eigenvalue weighted by Gasteiger charge is 2.30. The van der Waals surface area contributed by atoms with Gasteiger partial charge in [0.2, 0.25) is 0 Å². The van der Waals surface area contributed by atoms with Gasteiger partial charge >= 0.3 is 0 Å². The Morgan fingerprint density at radius 1 is 1.13 bits per heavy atom. The molecule has 1 N–H and O–H groups in total. The molecule has 1 fully saturated rings. The Kier molecular flexibility index (Phi) is 6.38. The summed E-state index contributed by atoms with van der Waals surface area (Å²) in [4.78, 5) is 14.6. The van der Waals surface area contributed by atoms with Crippen LogP contribution in [0.25, 0.3) is 0 Å². The van der Waals surface area contributed by atoms with E-state index in [1.165, 1.54) is 24.3 Å². The van der Waals surface area contributed by atoms with E-state index in [4.69, 9.17) is 16.3 Å². The van der Waals surface area contributed by atoms with Crippen molar-refractivity contribution in [2.24, 2.45) is 4.40 Å². The van der Waals surface area contributed by atoms with E-state index < -0.39 is 15.6 Å². The number of nitrogens with zero attached hydrogens (tertiary/aromatic N) is 2. The van der Waals surface area contributed by atoms with Crippen LogP contribution in [0.2, 0.25) is 5.02 Å². The number of anilines is 1. The van der Waals surface area contributed by atoms with E-state index in [0.29, 0.717) is 28.7 Å². The van der Waals surface area contributed by atoms with Crippen molar-refractivity contribution in [3.05, 3.63) is 53.6 Å². The van der Waals surface area contributed by atoms with Crippen molar-refractivity contribution in [1.82, 2.24) is 4.90 Å². The minimum Gasteiger partial charge on any atom is -0.478 e. The van der Waals surface area contributed by atoms with Crippen LogP contribution in [0.5, 0.6) is 5.75 Å². The quantitative estimate of drug-likeness (QED) is 0.721. The molecule has 0 saturated carbocycles. The number of nitrogens with one attached hydrogen (secondary N) is 1. The Bertz CT molecular complexity index is 1050. The van der Waals surface area contributed by atoms with Gasteiger partial charge in [0.1, 0.15) is 11.6 Å². The van der Waals surface area contributed by atoms with E-state index in [2.05, 4.69) is 9.71 Å². The van der Waals surface area contributed by atoms with Gasteiger partial charge in [-0.25, -0.2) is 0 Å². The molecule has 1 saturated heterocycles. The summed E-state index contributed by atoms with van der Waals surface area (Å²) in [6, 6.07) is 12.6. The van der Waals surface area contributed by atoms with Crippen LogP contribution in [0.3, 0.4) is 0 Å². The summed E-state index contributed by atoms with van der Waals surface area (Å²) >= 11 is 5.86. The van der Waals surface area contributed by atoms with Crippen molar-refractivity contribution in [3.8, 4) is 5.75 Å². The lowest BCUT2D eigenvalue weighted by molar-refractivity contribution is -0.128. The second kappa shape index (κ2) is 8.65. The summed E-state index contributed by atoms with van der Waals surface area (Å²) in [6.45, 7) is 4.08. The first-order valence-corrected chi connectivity index (χ1v) is 11.3. The van der Waals surface area contributed by atoms with E-state index in [1.54, 1.807) is 38.1 Å². The first-order chi connectivity index (χ1) is 14.1. The number of carbonyl (C=O) groups is 1. The Labute approximate surface area is 181 Å². The highest BCUT2D eigenvalue weighted by molar-refractivity contribution is 7.90. The molecule has 1 amide bonds. The van der Waals surface area contributed by atoms with Crippen molar-refractivity contribution in [1.29, 1.82) is 0 Å². The van der Waals surface area contributed by atoms with Crippen LogP contribution in [0.1, 0.15) is 26.7 Å². The molecule has 0 bridgehead atoms. The van der Waals surface area contributed by atoms with Crippen LogP contribution >= 0.6 is 11.6 Å². The topological polar surface area (TPSA) is 88.1 Å². The Hall–Kier alpha value is -2.58. The Morgan fingerprint density at radius 3 is 2.33 bits per heavy atom. The number of rotatable bonds is 6. The number of carbonyl (C=O) groups excluding carboxylic acids is 1. The van der Waals surface area contributed by atoms with E-state index >= 15 is 0 Å². The van der Waals surface area contributed by atoms with E-state index in [1.807, 2.05) is 11.9 Å². The summed E-state index contributed by atoms with van der Waals surface area (Å²) < 4.78 is 34.7. The van der Waals surface area contributed by atoms with E-state index in [0.717, 1.165) is 13.0 Å². The molecule has 3 rings (SSSR count). The molecule has 2 aromatic carbocycles. The van der Waals surface area contributed by atoms with Crippen LogP contribution < -0.4 is 10.1 Å². The molecule has 0 radical (unpaired) electrons. The minimum absolute atomic E-state index is 0.0740. The van der Waals surface area contributed by atoms with Crippen molar-refractivity contribution in [2.45, 2.75) is 37.2 Å². The molecule has 7 nitrogen and oxygen atoms in total. The predicted octanol–water partition coefficient (Wildman–Crippen LogP) is 3.95. The molecule has 2 aromatic rings. The first kappa shape index (κ1) is 22.1. The standard InChI is InChI=1S/C21H24ClN3O4S/c1-21(2,29-17-10-6-15(22)7-11-17)20(26)23-16-8-12-18(13-9-16)30(27,28)24-19-5-4-14-25(19)3/h6-13H,4-5,14H2,1-3H3,(H,23,26)/b24-19-. The van der Waals surface area contributed by atoms with Gasteiger partial charge in [-0.15, -0.1) is 4.40 Å². The van der Waals surface area contributed by atoms with Crippen LogP contribution in [0.15, 0.2) is 57.8 Å². The smallest absolute Gasteiger partial charge is 0.283 e. The van der Waals surface area contributed by atoms with Crippen LogP contribution in [-0.2, 0) is 14.8 Å². The van der Waals surface area contributed by atoms with E-state index in [-0.39, 0.29) is 10.8 Å². The van der Waals surface area contributed by atoms with Gasteiger partial charge in [-0.1, -0.05) is 11.6 Å². The van der Waals surface area contributed by atoms with Crippen molar-refractivity contribution < 1.29 is 17.9 Å². The van der Waals surface area contributed by atoms with Gasteiger partial charge < -0.3 is 15.0 Å². The monoisotopic (exact) mass is 449 g/mol. The fraction of sp³-hybridized carbons (Fsp3) is 0.333. The number of benzene rings is 2. The molecule has 1 heterocycles. The van der Waals surface area contributed by atoms with E-state index in [9.17, 15) is 13.2 Å². The molecule has 0 aliphatic carbocycles. The van der Waals surface area contributed by atoms with Crippen LogP contribution in [-0.4, -0.2) is 44.3 Å². The third kappa shape index (κ3) is 5.31. The Morgan fingerprint density at radius 2 is 1.77 bits per heavy atom. The number of hydrogen-bond donors (Lipinski definition) is 1. The van der Waals surface area contributed by atoms with Gasteiger partial charge in [0.15, 0.2) is 5.60 Å². The van der Waals surface area contributed by atoms with Gasteiger partial charge in [0.05, 0.1) is 4.90 Å². The third-order valence-electron chi connectivity index (χ3n) is 4.70. The fourth-order valence-electron chi connectivity index (χ4n) is 2.94. The fourth-order valence-corrected chi connectivity index (χ4v) is 4.16. The van der Waals surface area contributed by atoms with Gasteiger partial charge in [0, 0.05) is 30.7 Å². The molecule has 1 aliphatic rings. The number of amidine groups is 1. The number of hydrogen-bond acceptors (Lipinski definition) is 4. The second-order valence-corrected chi connectivity index (χ2v) is 9.59. The molecular formula is C21H24ClN3O4S. The summed E-state index contributed by atoms with van der Waals surface area (Å²) in [5.74, 6) is 0.700. The maximum Gasteiger partial charge on any atom is 0.283 e. The van der Waals surface area contributed by atoms with Crippen molar-refractivity contribution in [3.63, 3.8) is 0 Å². The first-order valence-electron chi connectivity index (χ1n) is 9.48. The number of sulfonamides is 1. The molecule has 0 atom stereocenters. The average Bonchev–Trinajstić information content (AvgIpc) is 3.08. The lowest BCUT2D eigenvalue weighted by Gasteiger charge is -2.25. The highest BCUT2D eigenvalue weighted by atomic mass is 35.5. The number of amides is 1. The molecule has 0 unspecified atom stereocenters. The van der Waals surface area contributed by atoms with Gasteiger partial charge in [-0.05, 0) is 68.8 Å². The van der Waals surface area contributed by atoms with Gasteiger partial charge in [-0.2, -0.15) is 8.42 Å². The van der Waals surface area contributed by atoms with Crippen molar-refractivity contribution in [2.75, 3.05) is 18.9 Å². The lowest BCUT2D eigenvalue weighted by Crippen LogP contribution is -2.42. The Balaban J connectivity index is 1.68. The van der Waals surface area contributed by atoms with Gasteiger partial charge in [-0.3, -0.25) is 4.79 Å². The molecule has 9 heteroatoms. The molecule has 1 aliphatic heterocycles. The van der Waals surface area contributed by atoms with Crippen LogP contribution in [0, 0.1) is 0 Å². The number of likely N-dealkylation sites (tertiary alicyclic amines) is 1. The molecule has 160 valence electrons. The summed E-state index contributed by atoms with van der Waals surface area (Å²) in [7, 11) is -1.97.